The van der Waals surface area contributed by atoms with Crippen molar-refractivity contribution in [1.82, 2.24) is 4.90 Å². The van der Waals surface area contributed by atoms with E-state index in [0.717, 1.165) is 37.2 Å². The van der Waals surface area contributed by atoms with E-state index in [-0.39, 0.29) is 4.91 Å². The highest BCUT2D eigenvalue weighted by Gasteiger charge is 2.36. The van der Waals surface area contributed by atoms with Gasteiger partial charge in [-0.25, -0.2) is 0 Å². The quantitative estimate of drug-likeness (QED) is 0.767. The van der Waals surface area contributed by atoms with Crippen LogP contribution in [0.4, 0.5) is 0 Å². The van der Waals surface area contributed by atoms with Gasteiger partial charge >= 0.3 is 0 Å². The summed E-state index contributed by atoms with van der Waals surface area (Å²) < 4.78 is 20.9. The van der Waals surface area contributed by atoms with Gasteiger partial charge in [0.25, 0.3) is 5.91 Å². The molecule has 2 aromatic rings. The molecule has 0 spiro atoms. The number of carbonyl (C=O) groups is 1. The van der Waals surface area contributed by atoms with Crippen LogP contribution in [-0.4, -0.2) is 33.0 Å². The monoisotopic (exact) mass is 370 g/mol. The van der Waals surface area contributed by atoms with E-state index in [0.29, 0.717) is 10.8 Å². The first-order valence-corrected chi connectivity index (χ1v) is 10.2. The van der Waals surface area contributed by atoms with Gasteiger partial charge in [0.1, 0.15) is 4.91 Å². The molecule has 2 aliphatic heterocycles. The van der Waals surface area contributed by atoms with Gasteiger partial charge < -0.3 is 5.73 Å². The van der Waals surface area contributed by atoms with Gasteiger partial charge in [0, 0.05) is 18.7 Å². The lowest BCUT2D eigenvalue weighted by Gasteiger charge is -2.30. The van der Waals surface area contributed by atoms with Gasteiger partial charge in [-0.1, -0.05) is 42.5 Å². The van der Waals surface area contributed by atoms with Gasteiger partial charge in [-0.05, 0) is 42.2 Å². The number of amides is 1. The molecule has 6 heteroatoms. The van der Waals surface area contributed by atoms with Crippen LogP contribution in [0, 0.1) is 0 Å². The minimum absolute atomic E-state index is 0.0842. The first-order chi connectivity index (χ1) is 12.5. The maximum atomic E-state index is 11.6. The lowest BCUT2D eigenvalue weighted by molar-refractivity contribution is -0.113. The summed E-state index contributed by atoms with van der Waals surface area (Å²) >= 11 is 0. The Balaban J connectivity index is 1.59. The molecule has 1 fully saturated rings. The van der Waals surface area contributed by atoms with Crippen molar-refractivity contribution in [2.45, 2.75) is 23.8 Å². The van der Waals surface area contributed by atoms with E-state index in [1.54, 1.807) is 12.1 Å². The van der Waals surface area contributed by atoms with Gasteiger partial charge in [0.05, 0.1) is 4.90 Å². The average Bonchev–Trinajstić information content (AvgIpc) is 3.18. The van der Waals surface area contributed by atoms with Crippen LogP contribution in [0.15, 0.2) is 58.3 Å². The molecule has 0 bridgehead atoms. The molecular weight excluding hydrogens is 348 g/mol. The van der Waals surface area contributed by atoms with Crippen LogP contribution in [0.5, 0.6) is 0 Å². The summed E-state index contributed by atoms with van der Waals surface area (Å²) in [4.78, 5) is 14.4. The lowest BCUT2D eigenvalue weighted by atomic mass is 9.93. The predicted molar refractivity (Wildman–Crippen MR) is 104 cm³/mol. The molecule has 0 radical (unpaired) electrons. The molecule has 5 nitrogen and oxygen atoms in total. The van der Waals surface area contributed by atoms with Gasteiger partial charge in [-0.3, -0.25) is 18.8 Å². The molecule has 26 heavy (non-hydrogen) atoms. The van der Waals surface area contributed by atoms with Gasteiger partial charge in [0.15, 0.2) is 0 Å². The Morgan fingerprint density at radius 2 is 1.92 bits per heavy atom. The summed E-state index contributed by atoms with van der Waals surface area (Å²) in [5, 5.41) is 0. The molecule has 2 heterocycles. The number of hydrogen-bond acceptors (Lipinski definition) is 4. The summed E-state index contributed by atoms with van der Waals surface area (Å²) in [6.45, 7) is 2.81. The van der Waals surface area contributed by atoms with Crippen molar-refractivity contribution < 1.29 is 13.9 Å². The molecule has 1 saturated heterocycles. The highest BCUT2D eigenvalue weighted by atomic mass is 32.3. The molecule has 4 rings (SSSR count). The van der Waals surface area contributed by atoms with Crippen LogP contribution in [0.2, 0.25) is 0 Å². The minimum atomic E-state index is -3.29. The topological polar surface area (TPSA) is 86.8 Å². The second-order valence-electron chi connectivity index (χ2n) is 6.89. The summed E-state index contributed by atoms with van der Waals surface area (Å²) in [6, 6.07) is 15.9. The van der Waals surface area contributed by atoms with Crippen LogP contribution in [0.25, 0.3) is 6.08 Å². The van der Waals surface area contributed by atoms with Gasteiger partial charge in [-0.2, -0.15) is 0 Å². The second kappa shape index (κ2) is 6.55. The van der Waals surface area contributed by atoms with Crippen molar-refractivity contribution in [3.8, 4) is 0 Å². The molecule has 136 valence electrons. The molecule has 1 atom stereocenters. The molecule has 2 aliphatic rings. The van der Waals surface area contributed by atoms with E-state index < -0.39 is 16.5 Å². The number of nitrogens with two attached hydrogens (primary N) is 1. The third kappa shape index (κ3) is 2.95. The van der Waals surface area contributed by atoms with Crippen LogP contribution in [0.1, 0.15) is 29.0 Å². The zero-order valence-corrected chi connectivity index (χ0v) is 15.2. The van der Waals surface area contributed by atoms with Crippen LogP contribution < -0.4 is 5.73 Å². The van der Waals surface area contributed by atoms with E-state index in [9.17, 15) is 13.9 Å². The number of hydrogen-bond donors (Lipinski definition) is 3. The van der Waals surface area contributed by atoms with Crippen LogP contribution in [-0.2, 0) is 11.3 Å². The Hall–Kier alpha value is -2.12. The van der Waals surface area contributed by atoms with Crippen molar-refractivity contribution >= 4 is 22.6 Å². The van der Waals surface area contributed by atoms with Crippen molar-refractivity contribution in [3.05, 3.63) is 70.1 Å². The SMILES string of the molecule is NC(=O)C1=Cc2c([C@@H]3CCN(Cc4ccccc4)C3)cccc2S1(O)O. The molecule has 1 amide bonds. The number of rotatable bonds is 4. The maximum Gasteiger partial charge on any atom is 0.265 e. The lowest BCUT2D eigenvalue weighted by Crippen LogP contribution is -2.19. The number of nitrogens with zero attached hydrogens (tertiary/aromatic N) is 1. The summed E-state index contributed by atoms with van der Waals surface area (Å²) in [6.07, 6.45) is 2.57. The fourth-order valence-electron chi connectivity index (χ4n) is 3.93. The van der Waals surface area contributed by atoms with E-state index in [1.165, 1.54) is 5.56 Å². The number of carbonyl (C=O) groups excluding carboxylic acids is 1. The first-order valence-electron chi connectivity index (χ1n) is 8.66. The predicted octanol–water partition coefficient (Wildman–Crippen LogP) is 3.63. The smallest absolute Gasteiger partial charge is 0.265 e. The Kier molecular flexibility index (Phi) is 4.36. The largest absolute Gasteiger partial charge is 0.364 e. The van der Waals surface area contributed by atoms with Crippen LogP contribution >= 0.6 is 10.6 Å². The summed E-state index contributed by atoms with van der Waals surface area (Å²) in [5.74, 6) is -0.475. The van der Waals surface area contributed by atoms with Crippen molar-refractivity contribution in [2.24, 2.45) is 5.73 Å². The number of likely N-dealkylation sites (tertiary alicyclic amines) is 1. The highest BCUT2D eigenvalue weighted by molar-refractivity contribution is 8.28. The standard InChI is InChI=1S/C20H22N2O3S/c21-20(23)19-11-17-16(7-4-8-18(17)26(19,24)25)15-9-10-22(13-15)12-14-5-2-1-3-6-14/h1-8,11,15,24-25H,9-10,12-13H2,(H2,21,23)/t15-/m1/s1. The summed E-state index contributed by atoms with van der Waals surface area (Å²) in [5.41, 5.74) is 8.46. The van der Waals surface area contributed by atoms with Crippen molar-refractivity contribution in [3.63, 3.8) is 0 Å². The van der Waals surface area contributed by atoms with Gasteiger partial charge in [-0.15, -0.1) is 10.6 Å². The normalized spacial score (nSPS) is 22.7. The minimum Gasteiger partial charge on any atom is -0.364 e. The fraction of sp³-hybridized carbons (Fsp3) is 0.250. The third-order valence-electron chi connectivity index (χ3n) is 5.19. The van der Waals surface area contributed by atoms with Crippen LogP contribution in [0.3, 0.4) is 0 Å². The second-order valence-corrected chi connectivity index (χ2v) is 8.86. The third-order valence-corrected chi connectivity index (χ3v) is 7.09. The van der Waals surface area contributed by atoms with Crippen molar-refractivity contribution in [2.75, 3.05) is 13.1 Å². The molecule has 0 aromatic heterocycles. The molecule has 0 saturated carbocycles. The molecule has 0 aliphatic carbocycles. The van der Waals surface area contributed by atoms with E-state index in [2.05, 4.69) is 17.0 Å². The maximum absolute atomic E-state index is 11.6. The Bertz CT molecular complexity index is 880. The molecule has 2 aromatic carbocycles. The number of primary amides is 1. The number of fused-ring (bicyclic) bond motifs is 1. The van der Waals surface area contributed by atoms with E-state index in [1.807, 2.05) is 30.3 Å². The fourth-order valence-corrected chi connectivity index (χ4v) is 5.49. The molecular formula is C20H22N2O3S. The Morgan fingerprint density at radius 1 is 1.15 bits per heavy atom. The Labute approximate surface area is 154 Å². The van der Waals surface area contributed by atoms with E-state index >= 15 is 0 Å². The highest BCUT2D eigenvalue weighted by Crippen LogP contribution is 2.62. The number of benzene rings is 2. The van der Waals surface area contributed by atoms with Gasteiger partial charge in [0.2, 0.25) is 0 Å². The Morgan fingerprint density at radius 3 is 2.65 bits per heavy atom. The molecule has 0 unspecified atom stereocenters. The average molecular weight is 370 g/mol. The van der Waals surface area contributed by atoms with E-state index in [4.69, 9.17) is 5.73 Å². The summed E-state index contributed by atoms with van der Waals surface area (Å²) in [7, 11) is -3.29. The van der Waals surface area contributed by atoms with Crippen molar-refractivity contribution in [1.29, 1.82) is 0 Å². The first kappa shape index (κ1) is 17.3. The zero-order chi connectivity index (χ0) is 18.3. The molecule has 4 N–H and O–H groups in total. The zero-order valence-electron chi connectivity index (χ0n) is 14.3.